The minimum atomic E-state index is -3.76. The molecule has 1 aromatic rings. The number of hydrogen-bond donors (Lipinski definition) is 3. The summed E-state index contributed by atoms with van der Waals surface area (Å²) < 4.78 is 30.6. The zero-order chi connectivity index (χ0) is 24.2. The molecule has 2 aliphatic rings. The fourth-order valence-electron chi connectivity index (χ4n) is 3.91. The van der Waals surface area contributed by atoms with Gasteiger partial charge in [-0.25, -0.2) is 23.1 Å². The maximum atomic E-state index is 12.9. The Bertz CT molecular complexity index is 1030. The minimum Gasteiger partial charge on any atom is -0.324 e. The Balaban J connectivity index is 1.61. The Labute approximate surface area is 204 Å². The zero-order valence-electron chi connectivity index (χ0n) is 18.7. The number of benzene rings is 1. The SMILES string of the molecule is Cc1ccc(NC(=O)CN2NCC(Cl)C(Cl)C2=O)cc1S(=O)(=O)NCCC1CCCC=[N+]1C. The van der Waals surface area contributed by atoms with Crippen molar-refractivity contribution in [2.45, 2.75) is 54.3 Å². The van der Waals surface area contributed by atoms with E-state index in [-0.39, 0.29) is 18.0 Å². The molecule has 33 heavy (non-hydrogen) atoms. The van der Waals surface area contributed by atoms with Gasteiger partial charge in [0.15, 0.2) is 6.04 Å². The number of carbonyl (C=O) groups excluding carboxylic acids is 2. The summed E-state index contributed by atoms with van der Waals surface area (Å²) in [7, 11) is -1.74. The summed E-state index contributed by atoms with van der Waals surface area (Å²) in [6, 6.07) is 4.98. The number of hydrogen-bond acceptors (Lipinski definition) is 5. The molecule has 3 N–H and O–H groups in total. The van der Waals surface area contributed by atoms with Crippen molar-refractivity contribution in [2.24, 2.45) is 0 Å². The normalized spacial score (nSPS) is 23.9. The predicted molar refractivity (Wildman–Crippen MR) is 128 cm³/mol. The molecular weight excluding hydrogens is 489 g/mol. The summed E-state index contributed by atoms with van der Waals surface area (Å²) >= 11 is 11.9. The van der Waals surface area contributed by atoms with Crippen LogP contribution in [0.4, 0.5) is 5.69 Å². The van der Waals surface area contributed by atoms with Crippen molar-refractivity contribution in [1.29, 1.82) is 0 Å². The molecule has 1 aromatic carbocycles. The van der Waals surface area contributed by atoms with Crippen LogP contribution in [0.1, 0.15) is 31.2 Å². The topological polar surface area (TPSA) is 111 Å². The summed E-state index contributed by atoms with van der Waals surface area (Å²) in [5, 5.41) is 2.26. The van der Waals surface area contributed by atoms with Gasteiger partial charge in [-0.15, -0.1) is 23.2 Å². The number of anilines is 1. The van der Waals surface area contributed by atoms with Gasteiger partial charge in [-0.05, 0) is 31.0 Å². The van der Waals surface area contributed by atoms with E-state index in [4.69, 9.17) is 23.2 Å². The van der Waals surface area contributed by atoms with Crippen LogP contribution < -0.4 is 15.5 Å². The molecule has 3 atom stereocenters. The van der Waals surface area contributed by atoms with Crippen molar-refractivity contribution in [1.82, 2.24) is 15.2 Å². The lowest BCUT2D eigenvalue weighted by Crippen LogP contribution is -2.58. The largest absolute Gasteiger partial charge is 0.324 e. The standard InChI is InChI=1S/C21H29Cl2N5O4S/c1-14-6-7-15(26-19(29)13-28-21(30)20(23)17(22)12-24-28)11-18(14)33(31,32)25-9-8-16-5-3-4-10-27(16)2/h6-7,10-11,16-17,20,24-25H,3-5,8-9,12-13H2,1-2H3/p+1. The summed E-state index contributed by atoms with van der Waals surface area (Å²) in [5.74, 6) is -0.986. The van der Waals surface area contributed by atoms with E-state index in [2.05, 4.69) is 26.3 Å². The van der Waals surface area contributed by atoms with Gasteiger partial charge in [0, 0.05) is 38.0 Å². The molecule has 0 saturated carbocycles. The molecule has 0 aromatic heterocycles. The van der Waals surface area contributed by atoms with Crippen LogP contribution in [0, 0.1) is 6.92 Å². The number of aryl methyl sites for hydroxylation is 1. The fourth-order valence-corrected chi connectivity index (χ4v) is 5.61. The van der Waals surface area contributed by atoms with Crippen LogP contribution in [0.2, 0.25) is 0 Å². The van der Waals surface area contributed by atoms with Crippen LogP contribution in [0.5, 0.6) is 0 Å². The zero-order valence-corrected chi connectivity index (χ0v) is 21.0. The molecule has 1 saturated heterocycles. The smallest absolute Gasteiger partial charge is 0.256 e. The quantitative estimate of drug-likeness (QED) is 0.356. The first kappa shape index (κ1) is 25.9. The number of hydrazine groups is 1. The molecule has 0 spiro atoms. The highest BCUT2D eigenvalue weighted by molar-refractivity contribution is 7.89. The van der Waals surface area contributed by atoms with Crippen molar-refractivity contribution in [3.8, 4) is 0 Å². The third-order valence-electron chi connectivity index (χ3n) is 5.86. The van der Waals surface area contributed by atoms with Gasteiger partial charge in [-0.1, -0.05) is 6.07 Å². The van der Waals surface area contributed by atoms with Gasteiger partial charge in [0.05, 0.1) is 10.3 Å². The molecule has 1 fully saturated rings. The average Bonchev–Trinajstić information content (AvgIpc) is 2.76. The molecule has 12 heteroatoms. The molecule has 0 radical (unpaired) electrons. The van der Waals surface area contributed by atoms with Gasteiger partial charge in [0.1, 0.15) is 25.2 Å². The third kappa shape index (κ3) is 6.66. The predicted octanol–water partition coefficient (Wildman–Crippen LogP) is 1.43. The van der Waals surface area contributed by atoms with Gasteiger partial charge in [0.2, 0.25) is 15.9 Å². The summed E-state index contributed by atoms with van der Waals surface area (Å²) in [6.07, 6.45) is 6.06. The van der Waals surface area contributed by atoms with Crippen LogP contribution in [0.3, 0.4) is 0 Å². The highest BCUT2D eigenvalue weighted by atomic mass is 35.5. The van der Waals surface area contributed by atoms with Gasteiger partial charge >= 0.3 is 0 Å². The maximum absolute atomic E-state index is 12.9. The highest BCUT2D eigenvalue weighted by Gasteiger charge is 2.35. The Hall–Kier alpha value is -1.72. The van der Waals surface area contributed by atoms with Crippen molar-refractivity contribution in [3.63, 3.8) is 0 Å². The first-order chi connectivity index (χ1) is 15.6. The average molecular weight is 519 g/mol. The highest BCUT2D eigenvalue weighted by Crippen LogP contribution is 2.21. The number of sulfonamides is 1. The second-order valence-corrected chi connectivity index (χ2v) is 11.1. The molecule has 3 unspecified atom stereocenters. The van der Waals surface area contributed by atoms with E-state index in [1.807, 2.05) is 7.05 Å². The number of rotatable bonds is 8. The van der Waals surface area contributed by atoms with E-state index in [1.165, 1.54) is 6.07 Å². The number of amides is 2. The Kier molecular flexibility index (Phi) is 8.74. The number of alkyl halides is 2. The summed E-state index contributed by atoms with van der Waals surface area (Å²) in [5.41, 5.74) is 3.64. The van der Waals surface area contributed by atoms with E-state index in [0.717, 1.165) is 24.3 Å². The summed E-state index contributed by atoms with van der Waals surface area (Å²) in [6.45, 7) is 1.99. The van der Waals surface area contributed by atoms with Crippen LogP contribution in [0.15, 0.2) is 23.1 Å². The maximum Gasteiger partial charge on any atom is 0.256 e. The molecule has 0 bridgehead atoms. The van der Waals surface area contributed by atoms with Gasteiger partial charge < -0.3 is 5.32 Å². The van der Waals surface area contributed by atoms with Crippen LogP contribution in [-0.4, -0.2) is 79.5 Å². The molecule has 182 valence electrons. The van der Waals surface area contributed by atoms with Crippen LogP contribution in [0.25, 0.3) is 0 Å². The van der Waals surface area contributed by atoms with Gasteiger partial charge in [-0.2, -0.15) is 0 Å². The van der Waals surface area contributed by atoms with Crippen molar-refractivity contribution >= 4 is 56.9 Å². The van der Waals surface area contributed by atoms with Crippen molar-refractivity contribution in [3.05, 3.63) is 23.8 Å². The second-order valence-electron chi connectivity index (χ2n) is 8.35. The molecule has 3 rings (SSSR count). The molecule has 2 aliphatic heterocycles. The number of halogens is 2. The summed E-state index contributed by atoms with van der Waals surface area (Å²) in [4.78, 5) is 24.7. The Morgan fingerprint density at radius 1 is 1.33 bits per heavy atom. The second kappa shape index (κ2) is 11.1. The first-order valence-corrected chi connectivity index (χ1v) is 13.2. The van der Waals surface area contributed by atoms with Crippen molar-refractivity contribution in [2.75, 3.05) is 32.0 Å². The van der Waals surface area contributed by atoms with Gasteiger partial charge in [0.25, 0.3) is 5.91 Å². The fraction of sp³-hybridized carbons (Fsp3) is 0.571. The monoisotopic (exact) mass is 518 g/mol. The van der Waals surface area contributed by atoms with Crippen LogP contribution in [-0.2, 0) is 19.6 Å². The minimum absolute atomic E-state index is 0.0989. The molecule has 2 heterocycles. The van der Waals surface area contributed by atoms with E-state index in [1.54, 1.807) is 19.1 Å². The first-order valence-electron chi connectivity index (χ1n) is 10.9. The Morgan fingerprint density at radius 3 is 2.82 bits per heavy atom. The lowest BCUT2D eigenvalue weighted by Gasteiger charge is -2.32. The van der Waals surface area contributed by atoms with Crippen LogP contribution >= 0.6 is 23.2 Å². The number of nitrogens with zero attached hydrogens (tertiary/aromatic N) is 2. The van der Waals surface area contributed by atoms with E-state index >= 15 is 0 Å². The Morgan fingerprint density at radius 2 is 2.09 bits per heavy atom. The number of carbonyl (C=O) groups is 2. The van der Waals surface area contributed by atoms with Gasteiger partial charge in [-0.3, -0.25) is 14.6 Å². The molecule has 0 aliphatic carbocycles. The number of nitrogens with one attached hydrogen (secondary N) is 3. The lowest BCUT2D eigenvalue weighted by molar-refractivity contribution is -0.540. The van der Waals surface area contributed by atoms with E-state index < -0.39 is 32.6 Å². The van der Waals surface area contributed by atoms with Crippen molar-refractivity contribution < 1.29 is 22.6 Å². The third-order valence-corrected chi connectivity index (χ3v) is 8.49. The van der Waals surface area contributed by atoms with E-state index in [0.29, 0.717) is 30.3 Å². The molecule has 2 amide bonds. The molecule has 9 nitrogen and oxygen atoms in total. The van der Waals surface area contributed by atoms with E-state index in [9.17, 15) is 18.0 Å². The molecular formula is C21H30Cl2N5O4S+. The lowest BCUT2D eigenvalue weighted by atomic mass is 10.0.